The van der Waals surface area contributed by atoms with Crippen LogP contribution >= 0.6 is 0 Å². The molecule has 0 aliphatic carbocycles. The summed E-state index contributed by atoms with van der Waals surface area (Å²) < 4.78 is 0. The topological polar surface area (TPSA) is 78.5 Å². The zero-order valence-electron chi connectivity index (χ0n) is 18.0. The highest BCUT2D eigenvalue weighted by atomic mass is 16.2. The highest BCUT2D eigenvalue weighted by Crippen LogP contribution is 2.34. The van der Waals surface area contributed by atoms with E-state index in [0.29, 0.717) is 12.8 Å². The van der Waals surface area contributed by atoms with Crippen molar-refractivity contribution in [2.45, 2.75) is 52.0 Å². The zero-order valence-corrected chi connectivity index (χ0v) is 18.0. The van der Waals surface area contributed by atoms with Gasteiger partial charge >= 0.3 is 6.03 Å². The molecule has 30 heavy (non-hydrogen) atoms. The minimum absolute atomic E-state index is 0.229. The fraction of sp³-hybridized carbons (Fsp3) is 0.375. The van der Waals surface area contributed by atoms with E-state index in [9.17, 15) is 14.4 Å². The molecule has 1 aliphatic heterocycles. The number of benzene rings is 2. The van der Waals surface area contributed by atoms with Crippen LogP contribution in [0.25, 0.3) is 0 Å². The van der Waals surface area contributed by atoms with Crippen molar-refractivity contribution in [2.24, 2.45) is 0 Å². The first kappa shape index (κ1) is 21.6. The van der Waals surface area contributed by atoms with Crippen LogP contribution in [0.2, 0.25) is 0 Å². The Kier molecular flexibility index (Phi) is 6.25. The molecule has 0 aromatic heterocycles. The summed E-state index contributed by atoms with van der Waals surface area (Å²) >= 11 is 0. The first-order valence-corrected chi connectivity index (χ1v) is 10.4. The molecule has 0 unspecified atom stereocenters. The second kappa shape index (κ2) is 8.69. The Bertz CT molecular complexity index is 955. The lowest BCUT2D eigenvalue weighted by atomic mass is 9.85. The number of nitrogens with one attached hydrogen (secondary N) is 2. The van der Waals surface area contributed by atoms with Gasteiger partial charge in [-0.05, 0) is 36.0 Å². The van der Waals surface area contributed by atoms with Crippen LogP contribution < -0.4 is 10.6 Å². The molecule has 1 fully saturated rings. The molecule has 2 N–H and O–H groups in total. The number of hydrogen-bond acceptors (Lipinski definition) is 3. The van der Waals surface area contributed by atoms with Gasteiger partial charge in [-0.15, -0.1) is 0 Å². The molecule has 2 aromatic rings. The maximum Gasteiger partial charge on any atom is 0.325 e. The number of para-hydroxylation sites is 1. The summed E-state index contributed by atoms with van der Waals surface area (Å²) in [6.07, 6.45) is 1.18. The summed E-state index contributed by atoms with van der Waals surface area (Å²) in [7, 11) is 0. The number of nitrogens with zero attached hydrogens (tertiary/aromatic N) is 1. The Morgan fingerprint density at radius 3 is 2.43 bits per heavy atom. The minimum Gasteiger partial charge on any atom is -0.324 e. The molecule has 1 aliphatic rings. The van der Waals surface area contributed by atoms with Gasteiger partial charge in [0.2, 0.25) is 5.91 Å². The van der Waals surface area contributed by atoms with Crippen molar-refractivity contribution in [1.29, 1.82) is 0 Å². The van der Waals surface area contributed by atoms with Crippen molar-refractivity contribution in [1.82, 2.24) is 10.2 Å². The smallest absolute Gasteiger partial charge is 0.324 e. The van der Waals surface area contributed by atoms with E-state index in [1.54, 1.807) is 0 Å². The van der Waals surface area contributed by atoms with E-state index in [0.717, 1.165) is 27.3 Å². The predicted octanol–water partition coefficient (Wildman–Crippen LogP) is 4.30. The number of carbonyl (C=O) groups excluding carboxylic acids is 3. The Labute approximate surface area is 177 Å². The van der Waals surface area contributed by atoms with Gasteiger partial charge in [-0.1, -0.05) is 75.7 Å². The zero-order chi connectivity index (χ0) is 21.9. The molecule has 1 saturated heterocycles. The van der Waals surface area contributed by atoms with Crippen molar-refractivity contribution >= 4 is 23.5 Å². The summed E-state index contributed by atoms with van der Waals surface area (Å²) in [5.74, 6) is -0.549. The Morgan fingerprint density at radius 1 is 1.10 bits per heavy atom. The average molecular weight is 408 g/mol. The van der Waals surface area contributed by atoms with Crippen molar-refractivity contribution in [2.75, 3.05) is 11.9 Å². The third-order valence-electron chi connectivity index (χ3n) is 5.56. The number of amides is 4. The molecule has 0 spiro atoms. The molecule has 1 heterocycles. The number of rotatable bonds is 7. The van der Waals surface area contributed by atoms with Crippen molar-refractivity contribution in [3.05, 3.63) is 65.2 Å². The molecule has 0 saturated carbocycles. The summed E-state index contributed by atoms with van der Waals surface area (Å²) in [6, 6.07) is 14.5. The summed E-state index contributed by atoms with van der Waals surface area (Å²) in [5, 5.41) is 5.77. The molecular weight excluding hydrogens is 378 g/mol. The van der Waals surface area contributed by atoms with Crippen LogP contribution in [0.3, 0.4) is 0 Å². The van der Waals surface area contributed by atoms with E-state index in [4.69, 9.17) is 0 Å². The largest absolute Gasteiger partial charge is 0.325 e. The Balaban J connectivity index is 1.83. The van der Waals surface area contributed by atoms with Gasteiger partial charge in [0, 0.05) is 5.69 Å². The van der Waals surface area contributed by atoms with Gasteiger partial charge in [-0.25, -0.2) is 4.79 Å². The van der Waals surface area contributed by atoms with Gasteiger partial charge in [0.15, 0.2) is 0 Å². The number of imide groups is 1. The van der Waals surface area contributed by atoms with E-state index in [-0.39, 0.29) is 18.4 Å². The van der Waals surface area contributed by atoms with Gasteiger partial charge in [0.05, 0.1) is 0 Å². The quantitative estimate of drug-likeness (QED) is 0.672. The Hall–Kier alpha value is -3.15. The minimum atomic E-state index is -1.13. The van der Waals surface area contributed by atoms with Gasteiger partial charge in [0.1, 0.15) is 12.1 Å². The second-order valence-corrected chi connectivity index (χ2v) is 8.08. The number of anilines is 1. The predicted molar refractivity (Wildman–Crippen MR) is 117 cm³/mol. The van der Waals surface area contributed by atoms with Crippen molar-refractivity contribution in [3.63, 3.8) is 0 Å². The van der Waals surface area contributed by atoms with Crippen LogP contribution in [0.4, 0.5) is 10.5 Å². The highest BCUT2D eigenvalue weighted by Gasteiger charge is 2.52. The highest BCUT2D eigenvalue weighted by molar-refractivity contribution is 6.10. The molecule has 158 valence electrons. The maximum atomic E-state index is 13.3. The summed E-state index contributed by atoms with van der Waals surface area (Å²) in [6.45, 7) is 7.68. The molecule has 0 bridgehead atoms. The first-order chi connectivity index (χ1) is 14.3. The summed E-state index contributed by atoms with van der Waals surface area (Å²) in [5.41, 5.74) is 2.31. The number of urea groups is 1. The van der Waals surface area contributed by atoms with E-state index >= 15 is 0 Å². The van der Waals surface area contributed by atoms with Crippen LogP contribution in [0.1, 0.15) is 56.2 Å². The van der Waals surface area contributed by atoms with E-state index in [1.807, 2.05) is 62.4 Å². The fourth-order valence-corrected chi connectivity index (χ4v) is 4.04. The van der Waals surface area contributed by atoms with Crippen LogP contribution in [0.5, 0.6) is 0 Å². The van der Waals surface area contributed by atoms with Crippen LogP contribution in [0.15, 0.2) is 48.5 Å². The van der Waals surface area contributed by atoms with Gasteiger partial charge in [-0.3, -0.25) is 14.5 Å². The third-order valence-corrected chi connectivity index (χ3v) is 5.56. The van der Waals surface area contributed by atoms with Crippen LogP contribution in [-0.4, -0.2) is 29.3 Å². The van der Waals surface area contributed by atoms with E-state index < -0.39 is 17.5 Å². The van der Waals surface area contributed by atoms with Crippen molar-refractivity contribution < 1.29 is 14.4 Å². The molecule has 4 amide bonds. The molecule has 2 aromatic carbocycles. The third kappa shape index (κ3) is 3.95. The van der Waals surface area contributed by atoms with Gasteiger partial charge in [-0.2, -0.15) is 0 Å². The first-order valence-electron chi connectivity index (χ1n) is 10.4. The molecule has 1 atom stereocenters. The molecule has 6 heteroatoms. The maximum absolute atomic E-state index is 13.3. The van der Waals surface area contributed by atoms with E-state index in [1.165, 1.54) is 0 Å². The number of hydrogen-bond donors (Lipinski definition) is 2. The normalized spacial score (nSPS) is 18.6. The Morgan fingerprint density at radius 2 is 1.80 bits per heavy atom. The second-order valence-electron chi connectivity index (χ2n) is 8.08. The molecule has 6 nitrogen and oxygen atoms in total. The average Bonchev–Trinajstić information content (AvgIpc) is 2.95. The molecular formula is C24H29N3O3. The molecule has 0 radical (unpaired) electrons. The van der Waals surface area contributed by atoms with Gasteiger partial charge in [0.25, 0.3) is 5.91 Å². The lowest BCUT2D eigenvalue weighted by molar-refractivity contribution is -0.134. The standard InChI is InChI=1S/C24H29N3O3/c1-5-14-24(18-11-7-6-8-12-18)22(29)27(23(30)26-24)15-20(28)25-21-17(4)10-9-13-19(21)16(2)3/h6-13,16H,5,14-15H2,1-4H3,(H,25,28)(H,26,30)/t24-/m1/s1. The number of aryl methyl sites for hydroxylation is 1. The van der Waals surface area contributed by atoms with Crippen LogP contribution in [-0.2, 0) is 15.1 Å². The summed E-state index contributed by atoms with van der Waals surface area (Å²) in [4.78, 5) is 39.8. The SMILES string of the molecule is CCC[C@]1(c2ccccc2)NC(=O)N(CC(=O)Nc2c(C)cccc2C(C)C)C1=O. The molecule has 3 rings (SSSR count). The lowest BCUT2D eigenvalue weighted by Crippen LogP contribution is -2.44. The lowest BCUT2D eigenvalue weighted by Gasteiger charge is -2.27. The monoisotopic (exact) mass is 407 g/mol. The van der Waals surface area contributed by atoms with Gasteiger partial charge < -0.3 is 10.6 Å². The van der Waals surface area contributed by atoms with Crippen molar-refractivity contribution in [3.8, 4) is 0 Å². The van der Waals surface area contributed by atoms with Crippen LogP contribution in [0, 0.1) is 6.92 Å². The van der Waals surface area contributed by atoms with E-state index in [2.05, 4.69) is 24.5 Å². The number of carbonyl (C=O) groups is 3. The fourth-order valence-electron chi connectivity index (χ4n) is 4.04.